The molecule has 0 fully saturated rings. The third kappa shape index (κ3) is 2.47. The number of rotatable bonds is 3. The molecule has 2 aromatic rings. The number of aromatic hydroxyl groups is 1. The number of aromatic nitrogens is 1. The molecule has 3 N–H and O–H groups in total. The summed E-state index contributed by atoms with van der Waals surface area (Å²) in [6.45, 7) is 4.20. The van der Waals surface area contributed by atoms with E-state index in [0.717, 1.165) is 5.57 Å². The van der Waals surface area contributed by atoms with Crippen molar-refractivity contribution in [3.05, 3.63) is 40.2 Å². The molecule has 1 aromatic heterocycles. The van der Waals surface area contributed by atoms with Crippen molar-refractivity contribution in [1.29, 1.82) is 0 Å². The average Bonchev–Trinajstić information content (AvgIpc) is 2.40. The van der Waals surface area contributed by atoms with Crippen molar-refractivity contribution < 1.29 is 9.84 Å². The fraction of sp³-hybridized carbons (Fsp3) is 0.267. The predicted octanol–water partition coefficient (Wildman–Crippen LogP) is 2.17. The largest absolute Gasteiger partial charge is 0.500 e. The molecule has 0 spiro atoms. The van der Waals surface area contributed by atoms with Crippen LogP contribution in [0.4, 0.5) is 5.69 Å². The van der Waals surface area contributed by atoms with Crippen LogP contribution >= 0.6 is 0 Å². The molecule has 0 aliphatic carbocycles. The Labute approximate surface area is 116 Å². The number of aryl methyl sites for hydroxylation is 1. The molecule has 2 rings (SSSR count). The molecule has 5 nitrogen and oxygen atoms in total. The third-order valence-corrected chi connectivity index (χ3v) is 3.07. The van der Waals surface area contributed by atoms with Gasteiger partial charge in [0, 0.05) is 18.1 Å². The molecule has 1 aromatic carbocycles. The van der Waals surface area contributed by atoms with Gasteiger partial charge in [-0.25, -0.2) is 0 Å². The topological polar surface area (TPSA) is 77.5 Å². The zero-order valence-corrected chi connectivity index (χ0v) is 11.8. The molecule has 1 heterocycles. The highest BCUT2D eigenvalue weighted by molar-refractivity contribution is 5.89. The minimum atomic E-state index is -0.504. The Kier molecular flexibility index (Phi) is 3.70. The van der Waals surface area contributed by atoms with Crippen LogP contribution in [0.15, 0.2) is 34.6 Å². The van der Waals surface area contributed by atoms with Gasteiger partial charge in [-0.3, -0.25) is 4.79 Å². The third-order valence-electron chi connectivity index (χ3n) is 3.07. The molecular weight excluding hydrogens is 256 g/mol. The van der Waals surface area contributed by atoms with Crippen LogP contribution in [0, 0.1) is 0 Å². The number of allylic oxidation sites excluding steroid dienone is 1. The van der Waals surface area contributed by atoms with Crippen molar-refractivity contribution in [1.82, 2.24) is 4.57 Å². The SMILES string of the molecule is CC(C)=CCOc1c(O)c(=O)n(C)c2cc(N)ccc12. The Hall–Kier alpha value is -2.43. The van der Waals surface area contributed by atoms with Gasteiger partial charge in [-0.15, -0.1) is 0 Å². The van der Waals surface area contributed by atoms with E-state index in [1.165, 1.54) is 4.57 Å². The molecule has 0 amide bonds. The first-order chi connectivity index (χ1) is 9.41. The van der Waals surface area contributed by atoms with Gasteiger partial charge >= 0.3 is 0 Å². The number of pyridine rings is 1. The van der Waals surface area contributed by atoms with Gasteiger partial charge in [0.1, 0.15) is 6.61 Å². The number of ether oxygens (including phenoxy) is 1. The highest BCUT2D eigenvalue weighted by Gasteiger charge is 2.15. The van der Waals surface area contributed by atoms with Gasteiger partial charge in [0.15, 0.2) is 5.75 Å². The summed E-state index contributed by atoms with van der Waals surface area (Å²) in [6, 6.07) is 5.13. The Balaban J connectivity index is 2.63. The maximum Gasteiger partial charge on any atom is 0.296 e. The maximum atomic E-state index is 12.0. The summed E-state index contributed by atoms with van der Waals surface area (Å²) < 4.78 is 6.91. The zero-order valence-electron chi connectivity index (χ0n) is 11.8. The molecule has 0 bridgehead atoms. The molecule has 0 radical (unpaired) electrons. The summed E-state index contributed by atoms with van der Waals surface area (Å²) >= 11 is 0. The normalized spacial score (nSPS) is 10.6. The average molecular weight is 274 g/mol. The first-order valence-electron chi connectivity index (χ1n) is 6.29. The van der Waals surface area contributed by atoms with Crippen molar-refractivity contribution in [3.8, 4) is 11.5 Å². The van der Waals surface area contributed by atoms with E-state index >= 15 is 0 Å². The summed E-state index contributed by atoms with van der Waals surface area (Å²) in [5.74, 6) is -0.187. The van der Waals surface area contributed by atoms with Crippen molar-refractivity contribution in [2.75, 3.05) is 12.3 Å². The fourth-order valence-electron chi connectivity index (χ4n) is 1.95. The molecule has 106 valence electrons. The first kappa shape index (κ1) is 14.0. The van der Waals surface area contributed by atoms with Crippen LogP contribution in [0.25, 0.3) is 10.9 Å². The molecule has 20 heavy (non-hydrogen) atoms. The van der Waals surface area contributed by atoms with Gasteiger partial charge < -0.3 is 20.1 Å². The number of hydrogen-bond acceptors (Lipinski definition) is 4. The molecule has 0 atom stereocenters. The Bertz CT molecular complexity index is 741. The number of hydrogen-bond donors (Lipinski definition) is 2. The standard InChI is InChI=1S/C15H18N2O3/c1-9(2)6-7-20-14-11-5-4-10(16)8-12(11)17(3)15(19)13(14)18/h4-6,8,18H,7,16H2,1-3H3. The maximum absolute atomic E-state index is 12.0. The van der Waals surface area contributed by atoms with Crippen LogP contribution < -0.4 is 16.0 Å². The quantitative estimate of drug-likeness (QED) is 0.664. The lowest BCUT2D eigenvalue weighted by atomic mass is 10.1. The summed E-state index contributed by atoms with van der Waals surface area (Å²) in [6.07, 6.45) is 1.88. The van der Waals surface area contributed by atoms with Crippen LogP contribution in [0.2, 0.25) is 0 Å². The number of nitrogens with two attached hydrogens (primary N) is 1. The van der Waals surface area contributed by atoms with Crippen LogP contribution in [-0.2, 0) is 7.05 Å². The minimum absolute atomic E-state index is 0.195. The van der Waals surface area contributed by atoms with E-state index in [9.17, 15) is 9.90 Å². The van der Waals surface area contributed by atoms with E-state index in [-0.39, 0.29) is 11.5 Å². The highest BCUT2D eigenvalue weighted by atomic mass is 16.5. The lowest BCUT2D eigenvalue weighted by Gasteiger charge is -2.13. The van der Waals surface area contributed by atoms with E-state index in [1.807, 2.05) is 19.9 Å². The minimum Gasteiger partial charge on any atom is -0.500 e. The van der Waals surface area contributed by atoms with Gasteiger partial charge in [-0.05, 0) is 38.1 Å². The lowest BCUT2D eigenvalue weighted by molar-refractivity contribution is 0.336. The summed E-state index contributed by atoms with van der Waals surface area (Å²) in [5, 5.41) is 10.7. The predicted molar refractivity (Wildman–Crippen MR) is 80.2 cm³/mol. The van der Waals surface area contributed by atoms with Crippen molar-refractivity contribution in [2.45, 2.75) is 13.8 Å². The van der Waals surface area contributed by atoms with Crippen LogP contribution in [0.5, 0.6) is 11.5 Å². The Morgan fingerprint density at radius 3 is 2.80 bits per heavy atom. The highest BCUT2D eigenvalue weighted by Crippen LogP contribution is 2.32. The molecule has 0 unspecified atom stereocenters. The van der Waals surface area contributed by atoms with Crippen molar-refractivity contribution in [3.63, 3.8) is 0 Å². The summed E-state index contributed by atoms with van der Waals surface area (Å²) in [4.78, 5) is 12.0. The summed E-state index contributed by atoms with van der Waals surface area (Å²) in [5.41, 5.74) is 7.51. The smallest absolute Gasteiger partial charge is 0.296 e. The van der Waals surface area contributed by atoms with E-state index in [0.29, 0.717) is 23.2 Å². The monoisotopic (exact) mass is 274 g/mol. The zero-order chi connectivity index (χ0) is 14.9. The Morgan fingerprint density at radius 2 is 2.15 bits per heavy atom. The Morgan fingerprint density at radius 1 is 1.45 bits per heavy atom. The first-order valence-corrected chi connectivity index (χ1v) is 6.29. The van der Waals surface area contributed by atoms with Crippen LogP contribution in [-0.4, -0.2) is 16.3 Å². The van der Waals surface area contributed by atoms with E-state index in [4.69, 9.17) is 10.5 Å². The molecule has 5 heteroatoms. The second-order valence-electron chi connectivity index (χ2n) is 4.91. The fourth-order valence-corrected chi connectivity index (χ4v) is 1.95. The molecule has 0 saturated heterocycles. The van der Waals surface area contributed by atoms with Gasteiger partial charge in [0.2, 0.25) is 5.75 Å². The molecular formula is C15H18N2O3. The summed E-state index contributed by atoms with van der Waals surface area (Å²) in [7, 11) is 1.59. The van der Waals surface area contributed by atoms with Crippen molar-refractivity contribution >= 4 is 16.6 Å². The molecule has 0 saturated carbocycles. The number of nitrogen functional groups attached to an aromatic ring is 1. The molecule has 0 aliphatic heterocycles. The number of nitrogens with zero attached hydrogens (tertiary/aromatic N) is 1. The number of fused-ring (bicyclic) bond motifs is 1. The van der Waals surface area contributed by atoms with Gasteiger partial charge in [-0.1, -0.05) is 5.57 Å². The van der Waals surface area contributed by atoms with E-state index < -0.39 is 5.56 Å². The molecule has 0 aliphatic rings. The van der Waals surface area contributed by atoms with Gasteiger partial charge in [0.05, 0.1) is 5.52 Å². The lowest BCUT2D eigenvalue weighted by Crippen LogP contribution is -2.18. The second-order valence-corrected chi connectivity index (χ2v) is 4.91. The van der Waals surface area contributed by atoms with Crippen LogP contribution in [0.1, 0.15) is 13.8 Å². The van der Waals surface area contributed by atoms with E-state index in [2.05, 4.69) is 0 Å². The number of benzene rings is 1. The number of anilines is 1. The van der Waals surface area contributed by atoms with Gasteiger partial charge in [-0.2, -0.15) is 0 Å². The van der Waals surface area contributed by atoms with Crippen molar-refractivity contribution in [2.24, 2.45) is 7.05 Å². The second kappa shape index (κ2) is 5.28. The van der Waals surface area contributed by atoms with Crippen LogP contribution in [0.3, 0.4) is 0 Å². The van der Waals surface area contributed by atoms with E-state index in [1.54, 1.807) is 25.2 Å². The van der Waals surface area contributed by atoms with Gasteiger partial charge in [0.25, 0.3) is 5.56 Å².